The molecule has 1 aromatic rings. The summed E-state index contributed by atoms with van der Waals surface area (Å²) in [6.07, 6.45) is 7.83. The Bertz CT molecular complexity index is 480. The average molecular weight is 289 g/mol. The Morgan fingerprint density at radius 3 is 2.76 bits per heavy atom. The molecule has 2 N–H and O–H groups in total. The van der Waals surface area contributed by atoms with Crippen molar-refractivity contribution in [1.82, 2.24) is 15.2 Å². The molecule has 0 aliphatic carbocycles. The zero-order valence-corrected chi connectivity index (χ0v) is 12.4. The number of carbonyl (C=O) groups is 1. The number of nitrogens with zero attached hydrogens (tertiary/aromatic N) is 2. The number of rotatable bonds is 4. The fourth-order valence-electron chi connectivity index (χ4n) is 3.75. The van der Waals surface area contributed by atoms with Crippen LogP contribution in [0.5, 0.6) is 0 Å². The van der Waals surface area contributed by atoms with E-state index in [1.54, 1.807) is 18.5 Å². The number of aromatic nitrogens is 1. The van der Waals surface area contributed by atoms with Gasteiger partial charge in [0.25, 0.3) is 0 Å². The van der Waals surface area contributed by atoms with Crippen molar-refractivity contribution in [3.8, 4) is 0 Å². The first-order valence-corrected chi connectivity index (χ1v) is 7.72. The van der Waals surface area contributed by atoms with Gasteiger partial charge in [-0.05, 0) is 44.4 Å². The summed E-state index contributed by atoms with van der Waals surface area (Å²) in [5.41, 5.74) is 0.772. The zero-order valence-electron chi connectivity index (χ0n) is 12.4. The molecule has 5 heteroatoms. The number of amides is 1. The average Bonchev–Trinajstić information content (AvgIpc) is 2.72. The lowest BCUT2D eigenvalue weighted by molar-refractivity contribution is -0.124. The molecule has 0 radical (unpaired) electrons. The minimum absolute atomic E-state index is 0.0838. The molecule has 2 saturated heterocycles. The maximum Gasteiger partial charge on any atom is 0.230 e. The molecule has 3 atom stereocenters. The van der Waals surface area contributed by atoms with Crippen molar-refractivity contribution < 1.29 is 9.90 Å². The van der Waals surface area contributed by atoms with Crippen molar-refractivity contribution in [2.45, 2.75) is 49.7 Å². The fourth-order valence-corrected chi connectivity index (χ4v) is 3.75. The number of fused-ring (bicyclic) bond motifs is 2. The summed E-state index contributed by atoms with van der Waals surface area (Å²) in [7, 11) is 2.19. The number of hydrogen-bond donors (Lipinski definition) is 2. The standard InChI is InChI=1S/C16H23N3O2/c1-19-13-4-5-14(19)8-12(7-13)18-16(21)15(10-20)11-3-2-6-17-9-11/h2-3,6,9,12-15,20H,4-5,7-8,10H2,1H3,(H,18,21). The summed E-state index contributed by atoms with van der Waals surface area (Å²) >= 11 is 0. The van der Waals surface area contributed by atoms with E-state index in [2.05, 4.69) is 22.2 Å². The highest BCUT2D eigenvalue weighted by molar-refractivity contribution is 5.84. The summed E-state index contributed by atoms with van der Waals surface area (Å²) in [6.45, 7) is -0.184. The molecule has 2 fully saturated rings. The van der Waals surface area contributed by atoms with Gasteiger partial charge < -0.3 is 15.3 Å². The van der Waals surface area contributed by atoms with Gasteiger partial charge in [0.1, 0.15) is 0 Å². The summed E-state index contributed by atoms with van der Waals surface area (Å²) in [4.78, 5) is 18.9. The quantitative estimate of drug-likeness (QED) is 0.864. The molecular formula is C16H23N3O2. The minimum atomic E-state index is -0.518. The first-order chi connectivity index (χ1) is 10.2. The molecule has 5 nitrogen and oxygen atoms in total. The van der Waals surface area contributed by atoms with Crippen LogP contribution in [0.1, 0.15) is 37.2 Å². The summed E-state index contributed by atoms with van der Waals surface area (Å²) in [5.74, 6) is -0.601. The van der Waals surface area contributed by atoms with E-state index >= 15 is 0 Å². The molecule has 21 heavy (non-hydrogen) atoms. The van der Waals surface area contributed by atoms with Crippen molar-refractivity contribution in [3.63, 3.8) is 0 Å². The molecule has 3 heterocycles. The second-order valence-electron chi connectivity index (χ2n) is 6.25. The van der Waals surface area contributed by atoms with Gasteiger partial charge in [0.15, 0.2) is 0 Å². The van der Waals surface area contributed by atoms with Crippen LogP contribution in [0, 0.1) is 0 Å². The van der Waals surface area contributed by atoms with Gasteiger partial charge in [-0.3, -0.25) is 9.78 Å². The molecule has 0 spiro atoms. The monoisotopic (exact) mass is 289 g/mol. The smallest absolute Gasteiger partial charge is 0.230 e. The number of carbonyl (C=O) groups excluding carboxylic acids is 1. The van der Waals surface area contributed by atoms with E-state index in [-0.39, 0.29) is 18.6 Å². The molecule has 2 aliphatic rings. The van der Waals surface area contributed by atoms with Gasteiger partial charge in [0.2, 0.25) is 5.91 Å². The van der Waals surface area contributed by atoms with E-state index in [9.17, 15) is 9.90 Å². The van der Waals surface area contributed by atoms with Gasteiger partial charge in [-0.1, -0.05) is 6.07 Å². The van der Waals surface area contributed by atoms with Crippen LogP contribution in [0.15, 0.2) is 24.5 Å². The van der Waals surface area contributed by atoms with Crippen LogP contribution in [0.3, 0.4) is 0 Å². The third-order valence-electron chi connectivity index (χ3n) is 5.03. The molecule has 114 valence electrons. The number of piperidine rings is 1. The van der Waals surface area contributed by atoms with E-state index in [1.165, 1.54) is 12.8 Å². The number of pyridine rings is 1. The molecule has 0 saturated carbocycles. The molecule has 2 bridgehead atoms. The van der Waals surface area contributed by atoms with Crippen LogP contribution >= 0.6 is 0 Å². The summed E-state index contributed by atoms with van der Waals surface area (Å²) in [5, 5.41) is 12.7. The van der Waals surface area contributed by atoms with Gasteiger partial charge >= 0.3 is 0 Å². The lowest BCUT2D eigenvalue weighted by atomic mass is 9.95. The molecule has 3 rings (SSSR count). The van der Waals surface area contributed by atoms with E-state index in [1.807, 2.05) is 6.07 Å². The van der Waals surface area contributed by atoms with Crippen molar-refractivity contribution in [2.24, 2.45) is 0 Å². The molecule has 0 aromatic carbocycles. The van der Waals surface area contributed by atoms with Gasteiger partial charge in [-0.25, -0.2) is 0 Å². The Morgan fingerprint density at radius 1 is 1.48 bits per heavy atom. The largest absolute Gasteiger partial charge is 0.395 e. The Balaban J connectivity index is 1.63. The van der Waals surface area contributed by atoms with Crippen molar-refractivity contribution in [3.05, 3.63) is 30.1 Å². The summed E-state index contributed by atoms with van der Waals surface area (Å²) in [6, 6.07) is 5.06. The van der Waals surface area contributed by atoms with Gasteiger partial charge in [-0.2, -0.15) is 0 Å². The van der Waals surface area contributed by atoms with Crippen LogP contribution < -0.4 is 5.32 Å². The topological polar surface area (TPSA) is 65.5 Å². The van der Waals surface area contributed by atoms with Crippen LogP contribution in [-0.2, 0) is 4.79 Å². The Kier molecular flexibility index (Phi) is 4.22. The number of nitrogens with one attached hydrogen (secondary N) is 1. The minimum Gasteiger partial charge on any atom is -0.395 e. The predicted molar refractivity (Wildman–Crippen MR) is 79.8 cm³/mol. The SMILES string of the molecule is CN1C2CCC1CC(NC(=O)C(CO)c1cccnc1)C2. The van der Waals surface area contributed by atoms with E-state index in [0.29, 0.717) is 12.1 Å². The first-order valence-electron chi connectivity index (χ1n) is 7.72. The van der Waals surface area contributed by atoms with Gasteiger partial charge in [0, 0.05) is 30.5 Å². The lowest BCUT2D eigenvalue weighted by Crippen LogP contribution is -2.49. The third-order valence-corrected chi connectivity index (χ3v) is 5.03. The Morgan fingerprint density at radius 2 is 2.19 bits per heavy atom. The third kappa shape index (κ3) is 2.94. The number of hydrogen-bond acceptors (Lipinski definition) is 4. The highest BCUT2D eigenvalue weighted by Gasteiger charge is 2.39. The normalized spacial score (nSPS) is 30.1. The van der Waals surface area contributed by atoms with Gasteiger partial charge in [0.05, 0.1) is 12.5 Å². The van der Waals surface area contributed by atoms with Crippen LogP contribution in [0.2, 0.25) is 0 Å². The lowest BCUT2D eigenvalue weighted by Gasteiger charge is -2.37. The van der Waals surface area contributed by atoms with Crippen molar-refractivity contribution in [2.75, 3.05) is 13.7 Å². The molecular weight excluding hydrogens is 266 g/mol. The summed E-state index contributed by atoms with van der Waals surface area (Å²) < 4.78 is 0. The van der Waals surface area contributed by atoms with Crippen LogP contribution in [-0.4, -0.2) is 52.7 Å². The molecule has 1 aromatic heterocycles. The van der Waals surface area contributed by atoms with Crippen LogP contribution in [0.25, 0.3) is 0 Å². The van der Waals surface area contributed by atoms with Crippen LogP contribution in [0.4, 0.5) is 0 Å². The fraction of sp³-hybridized carbons (Fsp3) is 0.625. The predicted octanol–water partition coefficient (Wildman–Crippen LogP) is 0.899. The van der Waals surface area contributed by atoms with Crippen molar-refractivity contribution >= 4 is 5.91 Å². The van der Waals surface area contributed by atoms with E-state index in [4.69, 9.17) is 0 Å². The maximum absolute atomic E-state index is 12.4. The molecule has 1 amide bonds. The number of aliphatic hydroxyl groups excluding tert-OH is 1. The zero-order chi connectivity index (χ0) is 14.8. The first kappa shape index (κ1) is 14.5. The Labute approximate surface area is 125 Å². The van der Waals surface area contributed by atoms with E-state index in [0.717, 1.165) is 18.4 Å². The molecule has 3 unspecified atom stereocenters. The Hall–Kier alpha value is -1.46. The van der Waals surface area contributed by atoms with Gasteiger partial charge in [-0.15, -0.1) is 0 Å². The molecule has 2 aliphatic heterocycles. The van der Waals surface area contributed by atoms with Crippen molar-refractivity contribution in [1.29, 1.82) is 0 Å². The second-order valence-corrected chi connectivity index (χ2v) is 6.25. The highest BCUT2D eigenvalue weighted by Crippen LogP contribution is 2.34. The maximum atomic E-state index is 12.4. The number of aliphatic hydroxyl groups is 1. The van der Waals surface area contributed by atoms with E-state index < -0.39 is 5.92 Å². The highest BCUT2D eigenvalue weighted by atomic mass is 16.3. The second kappa shape index (κ2) is 6.12.